The third-order valence-electron chi connectivity index (χ3n) is 3.09. The maximum atomic E-state index is 11.6. The highest BCUT2D eigenvalue weighted by Crippen LogP contribution is 2.09. The van der Waals surface area contributed by atoms with E-state index in [-0.39, 0.29) is 17.9 Å². The molecule has 8 heteroatoms. The van der Waals surface area contributed by atoms with Crippen LogP contribution < -0.4 is 21.7 Å². The van der Waals surface area contributed by atoms with E-state index < -0.39 is 0 Å². The lowest BCUT2D eigenvalue weighted by molar-refractivity contribution is -0.120. The number of aromatic amines is 1. The van der Waals surface area contributed by atoms with Crippen molar-refractivity contribution in [3.05, 3.63) is 22.1 Å². The summed E-state index contributed by atoms with van der Waals surface area (Å²) >= 11 is 0. The van der Waals surface area contributed by atoms with Gasteiger partial charge in [-0.1, -0.05) is 0 Å². The van der Waals surface area contributed by atoms with Gasteiger partial charge in [-0.25, -0.2) is 10.8 Å². The number of rotatable bonds is 3. The molecule has 0 spiro atoms. The predicted molar refractivity (Wildman–Crippen MR) is 70.6 cm³/mol. The van der Waals surface area contributed by atoms with Gasteiger partial charge in [-0.05, 0) is 7.05 Å². The van der Waals surface area contributed by atoms with Gasteiger partial charge >= 0.3 is 0 Å². The number of aromatic nitrogens is 2. The molecule has 1 aliphatic heterocycles. The first-order valence-electron chi connectivity index (χ1n) is 6.11. The second-order valence-electron chi connectivity index (χ2n) is 4.59. The van der Waals surface area contributed by atoms with E-state index in [0.717, 1.165) is 26.2 Å². The van der Waals surface area contributed by atoms with Crippen LogP contribution in [0.15, 0.2) is 10.9 Å². The first-order valence-corrected chi connectivity index (χ1v) is 6.11. The van der Waals surface area contributed by atoms with Crippen molar-refractivity contribution < 1.29 is 4.79 Å². The number of carbonyl (C=O) groups is 1. The molecule has 1 aliphatic rings. The molecule has 2 rings (SSSR count). The molecule has 2 heterocycles. The van der Waals surface area contributed by atoms with E-state index in [4.69, 9.17) is 5.84 Å². The molecule has 0 saturated carbocycles. The molecule has 0 bridgehead atoms. The number of piperazine rings is 1. The maximum Gasteiger partial charge on any atom is 0.252 e. The highest BCUT2D eigenvalue weighted by molar-refractivity contribution is 5.77. The second kappa shape index (κ2) is 5.81. The molecule has 1 saturated heterocycles. The Balaban J connectivity index is 2.16. The van der Waals surface area contributed by atoms with E-state index in [1.807, 2.05) is 10.3 Å². The lowest BCUT2D eigenvalue weighted by Crippen LogP contribution is -2.45. The fourth-order valence-electron chi connectivity index (χ4n) is 1.97. The number of nitrogens with zero attached hydrogens (tertiary/aromatic N) is 3. The molecule has 0 atom stereocenters. The smallest absolute Gasteiger partial charge is 0.252 e. The Morgan fingerprint density at radius 2 is 2.16 bits per heavy atom. The van der Waals surface area contributed by atoms with Gasteiger partial charge in [0.2, 0.25) is 11.9 Å². The molecule has 0 aromatic carbocycles. The Labute approximate surface area is 110 Å². The molecule has 0 unspecified atom stereocenters. The summed E-state index contributed by atoms with van der Waals surface area (Å²) in [5.41, 5.74) is 2.18. The highest BCUT2D eigenvalue weighted by Gasteiger charge is 2.17. The van der Waals surface area contributed by atoms with Crippen molar-refractivity contribution in [1.82, 2.24) is 20.3 Å². The normalized spacial score (nSPS) is 16.4. The summed E-state index contributed by atoms with van der Waals surface area (Å²) in [4.78, 5) is 34.0. The van der Waals surface area contributed by atoms with E-state index in [0.29, 0.717) is 11.6 Å². The third-order valence-corrected chi connectivity index (χ3v) is 3.09. The zero-order chi connectivity index (χ0) is 13.8. The Kier molecular flexibility index (Phi) is 4.13. The fraction of sp³-hybridized carbons (Fsp3) is 0.545. The quantitative estimate of drug-likeness (QED) is 0.333. The third kappa shape index (κ3) is 3.52. The van der Waals surface area contributed by atoms with Crippen LogP contribution in [0.2, 0.25) is 0 Å². The zero-order valence-corrected chi connectivity index (χ0v) is 10.8. The fourth-order valence-corrected chi connectivity index (χ4v) is 1.97. The van der Waals surface area contributed by atoms with Gasteiger partial charge in [-0.2, -0.15) is 0 Å². The van der Waals surface area contributed by atoms with Crippen molar-refractivity contribution in [2.75, 3.05) is 38.1 Å². The summed E-state index contributed by atoms with van der Waals surface area (Å²) in [6.07, 6.45) is 0.00115. The molecule has 1 aromatic heterocycles. The predicted octanol–water partition coefficient (Wildman–Crippen LogP) is -1.95. The Morgan fingerprint density at radius 3 is 2.79 bits per heavy atom. The molecule has 1 amide bonds. The summed E-state index contributed by atoms with van der Waals surface area (Å²) in [6, 6.07) is 1.31. The topological polar surface area (TPSA) is 107 Å². The van der Waals surface area contributed by atoms with Gasteiger partial charge in [0.15, 0.2) is 0 Å². The SMILES string of the molecule is CN1CCN(c2nc(CC(=O)NN)cc(=O)[nH]2)CC1. The summed E-state index contributed by atoms with van der Waals surface area (Å²) in [7, 11) is 2.05. The van der Waals surface area contributed by atoms with Crippen molar-refractivity contribution in [3.8, 4) is 0 Å². The van der Waals surface area contributed by atoms with E-state index in [1.165, 1.54) is 6.07 Å². The van der Waals surface area contributed by atoms with E-state index in [9.17, 15) is 9.59 Å². The number of nitrogens with one attached hydrogen (secondary N) is 2. The summed E-state index contributed by atoms with van der Waals surface area (Å²) in [6.45, 7) is 3.42. The highest BCUT2D eigenvalue weighted by atomic mass is 16.2. The van der Waals surface area contributed by atoms with Crippen LogP contribution in [0.25, 0.3) is 0 Å². The van der Waals surface area contributed by atoms with Crippen LogP contribution in [-0.2, 0) is 11.2 Å². The van der Waals surface area contributed by atoms with Gasteiger partial charge in [0.1, 0.15) is 0 Å². The van der Waals surface area contributed by atoms with Crippen LogP contribution >= 0.6 is 0 Å². The van der Waals surface area contributed by atoms with Gasteiger partial charge in [0, 0.05) is 32.2 Å². The van der Waals surface area contributed by atoms with Gasteiger partial charge < -0.3 is 9.80 Å². The van der Waals surface area contributed by atoms with Crippen molar-refractivity contribution >= 4 is 11.9 Å². The lowest BCUT2D eigenvalue weighted by atomic mass is 10.3. The molecule has 0 aliphatic carbocycles. The molecule has 19 heavy (non-hydrogen) atoms. The minimum absolute atomic E-state index is 0.00115. The summed E-state index contributed by atoms with van der Waals surface area (Å²) in [5.74, 6) is 5.17. The minimum atomic E-state index is -0.373. The van der Waals surface area contributed by atoms with Crippen LogP contribution in [0, 0.1) is 0 Å². The number of carbonyl (C=O) groups excluding carboxylic acids is 1. The molecule has 0 radical (unpaired) electrons. The molecule has 1 fully saturated rings. The standard InChI is InChI=1S/C11H18N6O2/c1-16-2-4-17(5-3-16)11-13-8(6-9(18)14-11)7-10(19)15-12/h6H,2-5,7,12H2,1H3,(H,15,19)(H,13,14,18). The number of nitrogens with two attached hydrogens (primary N) is 1. The number of hydrazine groups is 1. The van der Waals surface area contributed by atoms with Crippen molar-refractivity contribution in [3.63, 3.8) is 0 Å². The number of H-pyrrole nitrogens is 1. The van der Waals surface area contributed by atoms with E-state index in [1.54, 1.807) is 0 Å². The number of likely N-dealkylation sites (N-methyl/N-ethyl adjacent to an activating group) is 1. The van der Waals surface area contributed by atoms with Gasteiger partial charge in [-0.3, -0.25) is 20.0 Å². The van der Waals surface area contributed by atoms with Crippen molar-refractivity contribution in [2.45, 2.75) is 6.42 Å². The van der Waals surface area contributed by atoms with Crippen LogP contribution in [0.4, 0.5) is 5.95 Å². The van der Waals surface area contributed by atoms with E-state index in [2.05, 4.69) is 21.9 Å². The Morgan fingerprint density at radius 1 is 1.47 bits per heavy atom. The monoisotopic (exact) mass is 266 g/mol. The van der Waals surface area contributed by atoms with Gasteiger partial charge in [0.05, 0.1) is 12.1 Å². The van der Waals surface area contributed by atoms with Gasteiger partial charge in [-0.15, -0.1) is 0 Å². The van der Waals surface area contributed by atoms with Crippen LogP contribution in [0.5, 0.6) is 0 Å². The number of anilines is 1. The second-order valence-corrected chi connectivity index (χ2v) is 4.59. The zero-order valence-electron chi connectivity index (χ0n) is 10.8. The van der Waals surface area contributed by atoms with Crippen LogP contribution in [0.3, 0.4) is 0 Å². The van der Waals surface area contributed by atoms with E-state index >= 15 is 0 Å². The van der Waals surface area contributed by atoms with Crippen molar-refractivity contribution in [2.24, 2.45) is 5.84 Å². The molecule has 4 N–H and O–H groups in total. The lowest BCUT2D eigenvalue weighted by Gasteiger charge is -2.32. The minimum Gasteiger partial charge on any atom is -0.340 e. The number of hydrogen-bond donors (Lipinski definition) is 3. The maximum absolute atomic E-state index is 11.6. The average molecular weight is 266 g/mol. The average Bonchev–Trinajstić information content (AvgIpc) is 2.38. The first-order chi connectivity index (χ1) is 9.08. The Bertz CT molecular complexity index is 506. The van der Waals surface area contributed by atoms with Crippen molar-refractivity contribution in [1.29, 1.82) is 0 Å². The molecule has 104 valence electrons. The Hall–Kier alpha value is -1.93. The molecule has 8 nitrogen and oxygen atoms in total. The summed E-state index contributed by atoms with van der Waals surface area (Å²) in [5, 5.41) is 0. The number of amides is 1. The molecular weight excluding hydrogens is 248 g/mol. The largest absolute Gasteiger partial charge is 0.340 e. The van der Waals surface area contributed by atoms with Gasteiger partial charge in [0.25, 0.3) is 5.56 Å². The number of hydrogen-bond acceptors (Lipinski definition) is 6. The molecule has 1 aromatic rings. The van der Waals surface area contributed by atoms with Crippen LogP contribution in [-0.4, -0.2) is 54.0 Å². The first kappa shape index (κ1) is 13.5. The molecular formula is C11H18N6O2. The van der Waals surface area contributed by atoms with Crippen LogP contribution in [0.1, 0.15) is 5.69 Å². The summed E-state index contributed by atoms with van der Waals surface area (Å²) < 4.78 is 0.